The summed E-state index contributed by atoms with van der Waals surface area (Å²) in [6.07, 6.45) is 0. The third-order valence-electron chi connectivity index (χ3n) is 2.90. The van der Waals surface area contributed by atoms with Crippen molar-refractivity contribution >= 4 is 15.8 Å². The topological polar surface area (TPSA) is 105 Å². The minimum absolute atomic E-state index is 0.0384. The smallest absolute Gasteiger partial charge is 0.343 e. The lowest BCUT2D eigenvalue weighted by Gasteiger charge is -2.12. The molecule has 0 N–H and O–H groups in total. The first-order valence-electron chi connectivity index (χ1n) is 6.29. The van der Waals surface area contributed by atoms with Crippen molar-refractivity contribution in [2.75, 3.05) is 14.2 Å². The van der Waals surface area contributed by atoms with Crippen LogP contribution in [0.3, 0.4) is 0 Å². The van der Waals surface area contributed by atoms with E-state index in [-0.39, 0.29) is 17.2 Å². The van der Waals surface area contributed by atoms with E-state index in [1.54, 1.807) is 12.1 Å². The van der Waals surface area contributed by atoms with Crippen molar-refractivity contribution in [2.45, 2.75) is 4.90 Å². The van der Waals surface area contributed by atoms with Crippen molar-refractivity contribution in [3.05, 3.63) is 52.6 Å². The first kappa shape index (κ1) is 16.6. The molecule has 0 fully saturated rings. The van der Waals surface area contributed by atoms with E-state index in [9.17, 15) is 18.5 Å². The summed E-state index contributed by atoms with van der Waals surface area (Å²) in [6, 6.07) is 9.35. The molecule has 0 aliphatic heterocycles. The standard InChI is InChI=1S/C14H13NO7S/c1-20-11-5-3-4-6-12(11)22-23(18,19)14-9-10(15(16)17)7-8-13(14)21-2/h3-9H,1-2H3. The summed E-state index contributed by atoms with van der Waals surface area (Å²) in [4.78, 5) is 9.70. The first-order valence-corrected chi connectivity index (χ1v) is 7.70. The van der Waals surface area contributed by atoms with Crippen LogP contribution in [0.5, 0.6) is 17.2 Å². The third-order valence-corrected chi connectivity index (χ3v) is 4.15. The fraction of sp³-hybridized carbons (Fsp3) is 0.143. The Kier molecular flexibility index (Phi) is 4.70. The third kappa shape index (κ3) is 3.51. The number of ether oxygens (including phenoxy) is 2. The first-order chi connectivity index (χ1) is 10.9. The summed E-state index contributed by atoms with van der Waals surface area (Å²) in [5, 5.41) is 10.8. The number of rotatable bonds is 6. The molecule has 122 valence electrons. The van der Waals surface area contributed by atoms with E-state index in [0.717, 1.165) is 12.1 Å². The molecule has 0 saturated heterocycles. The molecule has 0 aliphatic rings. The SMILES string of the molecule is COc1ccccc1OS(=O)(=O)c1cc([N+](=O)[O-])ccc1OC. The van der Waals surface area contributed by atoms with Crippen LogP contribution in [0.25, 0.3) is 0 Å². The second kappa shape index (κ2) is 6.53. The molecule has 0 spiro atoms. The molecule has 0 unspecified atom stereocenters. The summed E-state index contributed by atoms with van der Waals surface area (Å²) in [6.45, 7) is 0. The number of hydrogen-bond acceptors (Lipinski definition) is 7. The van der Waals surface area contributed by atoms with Gasteiger partial charge in [0.2, 0.25) is 0 Å². The number of non-ortho nitro benzene ring substituents is 1. The maximum absolute atomic E-state index is 12.4. The molecule has 2 aromatic carbocycles. The average molecular weight is 339 g/mol. The van der Waals surface area contributed by atoms with Crippen LogP contribution in [0.1, 0.15) is 0 Å². The Balaban J connectivity index is 2.50. The Hall–Kier alpha value is -2.81. The van der Waals surface area contributed by atoms with Gasteiger partial charge < -0.3 is 13.7 Å². The fourth-order valence-electron chi connectivity index (χ4n) is 1.83. The average Bonchev–Trinajstić information content (AvgIpc) is 2.54. The summed E-state index contributed by atoms with van der Waals surface area (Å²) in [5.74, 6) is 0.106. The summed E-state index contributed by atoms with van der Waals surface area (Å²) >= 11 is 0. The van der Waals surface area contributed by atoms with Crippen molar-refractivity contribution in [1.82, 2.24) is 0 Å². The van der Waals surface area contributed by atoms with Gasteiger partial charge >= 0.3 is 10.1 Å². The number of nitrogens with zero attached hydrogens (tertiary/aromatic N) is 1. The van der Waals surface area contributed by atoms with Crippen LogP contribution in [0.2, 0.25) is 0 Å². The maximum atomic E-state index is 12.4. The van der Waals surface area contributed by atoms with E-state index >= 15 is 0 Å². The van der Waals surface area contributed by atoms with Crippen LogP contribution >= 0.6 is 0 Å². The molecule has 8 nitrogen and oxygen atoms in total. The number of nitro groups is 1. The van der Waals surface area contributed by atoms with Crippen molar-refractivity contribution in [3.63, 3.8) is 0 Å². The van der Waals surface area contributed by atoms with Gasteiger partial charge in [0.05, 0.1) is 19.1 Å². The Morgan fingerprint density at radius 2 is 1.57 bits per heavy atom. The van der Waals surface area contributed by atoms with Gasteiger partial charge in [-0.25, -0.2) is 0 Å². The van der Waals surface area contributed by atoms with Crippen LogP contribution < -0.4 is 13.7 Å². The number of hydrogen-bond donors (Lipinski definition) is 0. The van der Waals surface area contributed by atoms with E-state index in [4.69, 9.17) is 13.7 Å². The molecule has 23 heavy (non-hydrogen) atoms. The van der Waals surface area contributed by atoms with E-state index in [0.29, 0.717) is 0 Å². The predicted octanol–water partition coefficient (Wildman–Crippen LogP) is 2.38. The van der Waals surface area contributed by atoms with E-state index in [1.165, 1.54) is 32.4 Å². The normalized spacial score (nSPS) is 10.9. The highest BCUT2D eigenvalue weighted by Crippen LogP contribution is 2.33. The number of benzene rings is 2. The predicted molar refractivity (Wildman–Crippen MR) is 80.5 cm³/mol. The Morgan fingerprint density at radius 1 is 0.957 bits per heavy atom. The largest absolute Gasteiger partial charge is 0.495 e. The van der Waals surface area contributed by atoms with Gasteiger partial charge in [-0.3, -0.25) is 10.1 Å². The molecule has 0 saturated carbocycles. The monoisotopic (exact) mass is 339 g/mol. The van der Waals surface area contributed by atoms with Gasteiger partial charge in [0.15, 0.2) is 16.4 Å². The molecule has 9 heteroatoms. The molecular weight excluding hydrogens is 326 g/mol. The molecule has 0 atom stereocenters. The maximum Gasteiger partial charge on any atom is 0.343 e. The van der Waals surface area contributed by atoms with Crippen LogP contribution in [-0.2, 0) is 10.1 Å². The quantitative estimate of drug-likeness (QED) is 0.452. The van der Waals surface area contributed by atoms with Gasteiger partial charge in [0.1, 0.15) is 5.75 Å². The molecule has 0 amide bonds. The Bertz CT molecular complexity index is 833. The summed E-state index contributed by atoms with van der Waals surface area (Å²) in [7, 11) is -1.74. The van der Waals surface area contributed by atoms with E-state index in [2.05, 4.69) is 0 Å². The number of para-hydroxylation sites is 2. The van der Waals surface area contributed by atoms with Crippen LogP contribution in [0, 0.1) is 10.1 Å². The number of methoxy groups -OCH3 is 2. The minimum Gasteiger partial charge on any atom is -0.495 e. The fourth-order valence-corrected chi connectivity index (χ4v) is 2.95. The Labute approximate surface area is 132 Å². The van der Waals surface area contributed by atoms with Crippen LogP contribution in [0.4, 0.5) is 5.69 Å². The lowest BCUT2D eigenvalue weighted by atomic mass is 10.3. The summed E-state index contributed by atoms with van der Waals surface area (Å²) in [5.41, 5.74) is -0.395. The number of nitro benzene ring substituents is 1. The molecule has 2 aromatic rings. The zero-order valence-electron chi connectivity index (χ0n) is 12.3. The van der Waals surface area contributed by atoms with Crippen LogP contribution in [-0.4, -0.2) is 27.6 Å². The van der Waals surface area contributed by atoms with Gasteiger partial charge in [-0.2, -0.15) is 8.42 Å². The molecule has 0 aliphatic carbocycles. The lowest BCUT2D eigenvalue weighted by molar-refractivity contribution is -0.385. The van der Waals surface area contributed by atoms with Gasteiger partial charge in [0.25, 0.3) is 5.69 Å². The van der Waals surface area contributed by atoms with Gasteiger partial charge in [-0.1, -0.05) is 12.1 Å². The second-order valence-corrected chi connectivity index (χ2v) is 5.80. The lowest BCUT2D eigenvalue weighted by Crippen LogP contribution is -2.12. The molecular formula is C14H13NO7S. The van der Waals surface area contributed by atoms with E-state index in [1.807, 2.05) is 0 Å². The van der Waals surface area contributed by atoms with E-state index < -0.39 is 25.6 Å². The van der Waals surface area contributed by atoms with Crippen molar-refractivity contribution in [3.8, 4) is 17.2 Å². The van der Waals surface area contributed by atoms with Gasteiger partial charge in [-0.05, 0) is 18.2 Å². The second-order valence-electron chi connectivity index (χ2n) is 4.28. The molecule has 2 rings (SSSR count). The molecule has 0 bridgehead atoms. The zero-order chi connectivity index (χ0) is 17.0. The van der Waals surface area contributed by atoms with Crippen molar-refractivity contribution in [1.29, 1.82) is 0 Å². The van der Waals surface area contributed by atoms with Gasteiger partial charge in [0, 0.05) is 12.1 Å². The highest BCUT2D eigenvalue weighted by molar-refractivity contribution is 7.87. The van der Waals surface area contributed by atoms with Crippen molar-refractivity contribution in [2.24, 2.45) is 0 Å². The van der Waals surface area contributed by atoms with Gasteiger partial charge in [-0.15, -0.1) is 0 Å². The highest BCUT2D eigenvalue weighted by atomic mass is 32.2. The Morgan fingerprint density at radius 3 is 2.13 bits per heavy atom. The summed E-state index contributed by atoms with van der Waals surface area (Å²) < 4.78 is 39.9. The zero-order valence-corrected chi connectivity index (χ0v) is 13.1. The van der Waals surface area contributed by atoms with Crippen LogP contribution in [0.15, 0.2) is 47.4 Å². The minimum atomic E-state index is -4.35. The van der Waals surface area contributed by atoms with Crippen molar-refractivity contribution < 1.29 is 27.0 Å². The highest BCUT2D eigenvalue weighted by Gasteiger charge is 2.26. The molecule has 0 aromatic heterocycles. The molecule has 0 radical (unpaired) electrons. The molecule has 0 heterocycles.